The van der Waals surface area contributed by atoms with E-state index >= 15 is 0 Å². The standard InChI is InChI=1S/C15H23N7O/c1-11-18-14-12(10-17-20(14)2)15(19-11)22-8-6-21(7-9-22)13(23)4-3-5-16/h10H,3-9,16H2,1-2H3. The Morgan fingerprint density at radius 2 is 2.00 bits per heavy atom. The molecule has 0 bridgehead atoms. The smallest absolute Gasteiger partial charge is 0.222 e. The molecule has 1 aliphatic rings. The van der Waals surface area contributed by atoms with Crippen LogP contribution in [0.1, 0.15) is 18.7 Å². The number of aromatic nitrogens is 4. The molecule has 3 heterocycles. The lowest BCUT2D eigenvalue weighted by Gasteiger charge is -2.35. The first-order chi connectivity index (χ1) is 11.1. The quantitative estimate of drug-likeness (QED) is 0.857. The first-order valence-electron chi connectivity index (χ1n) is 7.99. The third-order valence-corrected chi connectivity index (χ3v) is 4.21. The van der Waals surface area contributed by atoms with Crippen LogP contribution in [0.5, 0.6) is 0 Å². The van der Waals surface area contributed by atoms with E-state index in [9.17, 15) is 4.79 Å². The van der Waals surface area contributed by atoms with Gasteiger partial charge in [0.05, 0.1) is 11.6 Å². The largest absolute Gasteiger partial charge is 0.352 e. The third-order valence-electron chi connectivity index (χ3n) is 4.21. The molecule has 1 fully saturated rings. The summed E-state index contributed by atoms with van der Waals surface area (Å²) in [4.78, 5) is 25.3. The normalized spacial score (nSPS) is 15.4. The third kappa shape index (κ3) is 3.12. The molecule has 0 atom stereocenters. The highest BCUT2D eigenvalue weighted by atomic mass is 16.2. The zero-order chi connectivity index (χ0) is 16.4. The molecule has 0 spiro atoms. The highest BCUT2D eigenvalue weighted by Crippen LogP contribution is 2.24. The van der Waals surface area contributed by atoms with Crippen molar-refractivity contribution >= 4 is 22.8 Å². The Morgan fingerprint density at radius 1 is 1.26 bits per heavy atom. The van der Waals surface area contributed by atoms with Crippen molar-refractivity contribution in [3.05, 3.63) is 12.0 Å². The molecule has 2 aromatic heterocycles. The van der Waals surface area contributed by atoms with E-state index in [0.717, 1.165) is 42.2 Å². The van der Waals surface area contributed by atoms with Crippen molar-refractivity contribution in [2.24, 2.45) is 12.8 Å². The van der Waals surface area contributed by atoms with Gasteiger partial charge < -0.3 is 15.5 Å². The molecule has 0 radical (unpaired) electrons. The van der Waals surface area contributed by atoms with Crippen molar-refractivity contribution in [2.75, 3.05) is 37.6 Å². The zero-order valence-electron chi connectivity index (χ0n) is 13.7. The number of carbonyl (C=O) groups excluding carboxylic acids is 1. The second kappa shape index (κ2) is 6.49. The number of hydrogen-bond acceptors (Lipinski definition) is 6. The summed E-state index contributed by atoms with van der Waals surface area (Å²) < 4.78 is 1.76. The highest BCUT2D eigenvalue weighted by molar-refractivity contribution is 5.87. The lowest BCUT2D eigenvalue weighted by atomic mass is 10.2. The summed E-state index contributed by atoms with van der Waals surface area (Å²) in [5.74, 6) is 1.84. The number of hydrogen-bond donors (Lipinski definition) is 1. The van der Waals surface area contributed by atoms with Crippen molar-refractivity contribution in [3.63, 3.8) is 0 Å². The maximum atomic E-state index is 12.1. The Morgan fingerprint density at radius 3 is 2.70 bits per heavy atom. The number of anilines is 1. The maximum absolute atomic E-state index is 12.1. The van der Waals surface area contributed by atoms with Gasteiger partial charge in [-0.1, -0.05) is 0 Å². The van der Waals surface area contributed by atoms with Crippen LogP contribution in [0.15, 0.2) is 6.20 Å². The second-order valence-electron chi connectivity index (χ2n) is 5.86. The topological polar surface area (TPSA) is 93.2 Å². The number of amides is 1. The SMILES string of the molecule is Cc1nc(N2CCN(C(=O)CCCN)CC2)c2cnn(C)c2n1. The molecule has 0 unspecified atom stereocenters. The summed E-state index contributed by atoms with van der Waals surface area (Å²) >= 11 is 0. The molecule has 1 aliphatic heterocycles. The van der Waals surface area contributed by atoms with Crippen LogP contribution in [0.25, 0.3) is 11.0 Å². The van der Waals surface area contributed by atoms with Crippen molar-refractivity contribution in [3.8, 4) is 0 Å². The average molecular weight is 317 g/mol. The van der Waals surface area contributed by atoms with Gasteiger partial charge in [-0.25, -0.2) is 9.97 Å². The van der Waals surface area contributed by atoms with Gasteiger partial charge in [0.25, 0.3) is 0 Å². The molecule has 2 N–H and O–H groups in total. The molecule has 1 saturated heterocycles. The number of rotatable bonds is 4. The second-order valence-corrected chi connectivity index (χ2v) is 5.86. The van der Waals surface area contributed by atoms with Gasteiger partial charge >= 0.3 is 0 Å². The van der Waals surface area contributed by atoms with Crippen LogP contribution in [0.3, 0.4) is 0 Å². The first-order valence-corrected chi connectivity index (χ1v) is 7.99. The predicted octanol–water partition coefficient (Wildman–Crippen LogP) is 0.0592. The van der Waals surface area contributed by atoms with Crippen LogP contribution < -0.4 is 10.6 Å². The van der Waals surface area contributed by atoms with Crippen molar-refractivity contribution in [2.45, 2.75) is 19.8 Å². The fraction of sp³-hybridized carbons (Fsp3) is 0.600. The van der Waals surface area contributed by atoms with Gasteiger partial charge in [0.1, 0.15) is 11.6 Å². The van der Waals surface area contributed by atoms with E-state index in [2.05, 4.69) is 20.0 Å². The van der Waals surface area contributed by atoms with Crippen LogP contribution in [-0.2, 0) is 11.8 Å². The number of nitrogens with two attached hydrogens (primary N) is 1. The van der Waals surface area contributed by atoms with E-state index in [1.54, 1.807) is 4.68 Å². The van der Waals surface area contributed by atoms with Crippen LogP contribution in [0.4, 0.5) is 5.82 Å². The molecule has 2 aromatic rings. The predicted molar refractivity (Wildman–Crippen MR) is 88.1 cm³/mol. The number of piperazine rings is 1. The Bertz CT molecular complexity index is 703. The van der Waals surface area contributed by atoms with Crippen LogP contribution in [0.2, 0.25) is 0 Å². The summed E-state index contributed by atoms with van der Waals surface area (Å²) in [5, 5.41) is 5.24. The molecule has 0 aliphatic carbocycles. The molecule has 3 rings (SSSR count). The van der Waals surface area contributed by atoms with Crippen LogP contribution in [0, 0.1) is 6.92 Å². The Kier molecular flexibility index (Phi) is 4.42. The number of carbonyl (C=O) groups is 1. The monoisotopic (exact) mass is 317 g/mol. The molecule has 0 saturated carbocycles. The zero-order valence-corrected chi connectivity index (χ0v) is 13.7. The van der Waals surface area contributed by atoms with Crippen molar-refractivity contribution < 1.29 is 4.79 Å². The molecular weight excluding hydrogens is 294 g/mol. The van der Waals surface area contributed by atoms with E-state index < -0.39 is 0 Å². The molecule has 8 nitrogen and oxygen atoms in total. The van der Waals surface area contributed by atoms with Gasteiger partial charge in [-0.2, -0.15) is 5.10 Å². The van der Waals surface area contributed by atoms with E-state index in [-0.39, 0.29) is 5.91 Å². The minimum absolute atomic E-state index is 0.195. The molecule has 1 amide bonds. The van der Waals surface area contributed by atoms with E-state index in [1.165, 1.54) is 0 Å². The number of fused-ring (bicyclic) bond motifs is 1. The maximum Gasteiger partial charge on any atom is 0.222 e. The summed E-state index contributed by atoms with van der Waals surface area (Å²) in [6.45, 7) is 5.43. The summed E-state index contributed by atoms with van der Waals surface area (Å²) in [6.07, 6.45) is 3.10. The lowest BCUT2D eigenvalue weighted by Crippen LogP contribution is -2.49. The van der Waals surface area contributed by atoms with Gasteiger partial charge in [-0.05, 0) is 19.9 Å². The molecular formula is C15H23N7O. The Hall–Kier alpha value is -2.22. The fourth-order valence-electron chi connectivity index (χ4n) is 2.93. The van der Waals surface area contributed by atoms with Gasteiger partial charge in [-0.3, -0.25) is 9.48 Å². The van der Waals surface area contributed by atoms with Crippen molar-refractivity contribution in [1.82, 2.24) is 24.6 Å². The Balaban J connectivity index is 1.74. The molecule has 23 heavy (non-hydrogen) atoms. The highest BCUT2D eigenvalue weighted by Gasteiger charge is 2.23. The van der Waals surface area contributed by atoms with Gasteiger partial charge in [0, 0.05) is 39.6 Å². The van der Waals surface area contributed by atoms with E-state index in [1.807, 2.05) is 25.1 Å². The van der Waals surface area contributed by atoms with Crippen LogP contribution >= 0.6 is 0 Å². The number of aryl methyl sites for hydroxylation is 2. The Labute approximate surface area is 135 Å². The summed E-state index contributed by atoms with van der Waals surface area (Å²) in [5.41, 5.74) is 6.31. The minimum Gasteiger partial charge on any atom is -0.352 e. The van der Waals surface area contributed by atoms with Gasteiger partial charge in [0.2, 0.25) is 5.91 Å². The molecule has 124 valence electrons. The first kappa shape index (κ1) is 15.7. The van der Waals surface area contributed by atoms with E-state index in [4.69, 9.17) is 5.73 Å². The molecule has 8 heteroatoms. The minimum atomic E-state index is 0.195. The van der Waals surface area contributed by atoms with Crippen LogP contribution in [-0.4, -0.2) is 63.3 Å². The average Bonchev–Trinajstić information content (AvgIpc) is 2.93. The molecule has 0 aromatic carbocycles. The fourth-order valence-corrected chi connectivity index (χ4v) is 2.93. The summed E-state index contributed by atoms with van der Waals surface area (Å²) in [6, 6.07) is 0. The van der Waals surface area contributed by atoms with Gasteiger partial charge in [0.15, 0.2) is 5.65 Å². The van der Waals surface area contributed by atoms with Gasteiger partial charge in [-0.15, -0.1) is 0 Å². The lowest BCUT2D eigenvalue weighted by molar-refractivity contribution is -0.131. The van der Waals surface area contributed by atoms with Crippen molar-refractivity contribution in [1.29, 1.82) is 0 Å². The summed E-state index contributed by atoms with van der Waals surface area (Å²) in [7, 11) is 1.88. The number of nitrogens with zero attached hydrogens (tertiary/aromatic N) is 6. The van der Waals surface area contributed by atoms with E-state index in [0.29, 0.717) is 26.1 Å².